The largest absolute Gasteiger partial charge is 0.494 e. The molecule has 8 heteroatoms. The van der Waals surface area contributed by atoms with Gasteiger partial charge in [0.2, 0.25) is 0 Å². The van der Waals surface area contributed by atoms with Crippen LogP contribution in [0, 0.1) is 5.82 Å². The Hall–Kier alpha value is -2.64. The van der Waals surface area contributed by atoms with Crippen molar-refractivity contribution in [2.45, 2.75) is 25.9 Å². The molecular weight excluding hydrogens is 301 g/mol. The van der Waals surface area contributed by atoms with Crippen LogP contribution in [-0.2, 0) is 7.05 Å². The number of aryl methyl sites for hydroxylation is 1. The topological polar surface area (TPSA) is 81.1 Å². The molecular formula is C15H20FN5O2. The second-order valence-electron chi connectivity index (χ2n) is 5.26. The van der Waals surface area contributed by atoms with E-state index in [0.29, 0.717) is 11.4 Å². The minimum absolute atomic E-state index is 0.168. The number of hydrogen-bond donors (Lipinski definition) is 2. The Bertz CT molecular complexity index is 688. The molecule has 0 spiro atoms. The van der Waals surface area contributed by atoms with Crippen LogP contribution in [0.3, 0.4) is 0 Å². The number of halogens is 1. The van der Waals surface area contributed by atoms with Gasteiger partial charge in [0.1, 0.15) is 6.33 Å². The van der Waals surface area contributed by atoms with Crippen LogP contribution in [0.25, 0.3) is 0 Å². The van der Waals surface area contributed by atoms with Crippen LogP contribution in [0.2, 0.25) is 0 Å². The van der Waals surface area contributed by atoms with E-state index >= 15 is 0 Å². The number of ether oxygens (including phenoxy) is 1. The Balaban J connectivity index is 1.97. The van der Waals surface area contributed by atoms with E-state index in [0.717, 1.165) is 0 Å². The molecule has 0 saturated carbocycles. The summed E-state index contributed by atoms with van der Waals surface area (Å²) in [6.45, 7) is 3.58. The number of aromatic nitrogens is 3. The molecule has 2 N–H and O–H groups in total. The van der Waals surface area contributed by atoms with Crippen LogP contribution >= 0.6 is 0 Å². The zero-order valence-electron chi connectivity index (χ0n) is 13.5. The van der Waals surface area contributed by atoms with Gasteiger partial charge in [-0.3, -0.25) is 0 Å². The molecule has 0 aliphatic heterocycles. The molecule has 124 valence electrons. The number of carbonyl (C=O) groups excluding carboxylic acids is 1. The lowest BCUT2D eigenvalue weighted by Crippen LogP contribution is -2.39. The van der Waals surface area contributed by atoms with E-state index in [4.69, 9.17) is 4.74 Å². The SMILES string of the molecule is COc1ccc(C(C)NC(=O)NC(C)c2nncn2C)cc1F. The van der Waals surface area contributed by atoms with Gasteiger partial charge >= 0.3 is 6.03 Å². The zero-order valence-corrected chi connectivity index (χ0v) is 13.5. The number of amides is 2. The molecule has 0 fully saturated rings. The third-order valence-electron chi connectivity index (χ3n) is 3.50. The van der Waals surface area contributed by atoms with Crippen molar-refractivity contribution in [1.29, 1.82) is 0 Å². The highest BCUT2D eigenvalue weighted by molar-refractivity contribution is 5.74. The predicted molar refractivity (Wildman–Crippen MR) is 82.5 cm³/mol. The van der Waals surface area contributed by atoms with E-state index in [2.05, 4.69) is 20.8 Å². The lowest BCUT2D eigenvalue weighted by molar-refractivity contribution is 0.234. The highest BCUT2D eigenvalue weighted by atomic mass is 19.1. The monoisotopic (exact) mass is 321 g/mol. The summed E-state index contributed by atoms with van der Waals surface area (Å²) in [5.41, 5.74) is 0.643. The van der Waals surface area contributed by atoms with E-state index in [1.54, 1.807) is 37.9 Å². The number of carbonyl (C=O) groups is 1. The highest BCUT2D eigenvalue weighted by Gasteiger charge is 2.16. The molecule has 2 unspecified atom stereocenters. The summed E-state index contributed by atoms with van der Waals surface area (Å²) >= 11 is 0. The van der Waals surface area contributed by atoms with Crippen molar-refractivity contribution in [2.75, 3.05) is 7.11 Å². The second kappa shape index (κ2) is 7.08. The molecule has 7 nitrogen and oxygen atoms in total. The van der Waals surface area contributed by atoms with Gasteiger partial charge in [0.15, 0.2) is 17.4 Å². The van der Waals surface area contributed by atoms with E-state index < -0.39 is 5.82 Å². The highest BCUT2D eigenvalue weighted by Crippen LogP contribution is 2.21. The minimum Gasteiger partial charge on any atom is -0.494 e. The van der Waals surface area contributed by atoms with E-state index in [9.17, 15) is 9.18 Å². The fourth-order valence-corrected chi connectivity index (χ4v) is 2.22. The van der Waals surface area contributed by atoms with Crippen molar-refractivity contribution in [1.82, 2.24) is 25.4 Å². The Labute approximate surface area is 133 Å². The lowest BCUT2D eigenvalue weighted by Gasteiger charge is -2.18. The molecule has 0 saturated heterocycles. The molecule has 23 heavy (non-hydrogen) atoms. The van der Waals surface area contributed by atoms with Crippen LogP contribution in [0.15, 0.2) is 24.5 Å². The van der Waals surface area contributed by atoms with Crippen LogP contribution in [0.4, 0.5) is 9.18 Å². The van der Waals surface area contributed by atoms with Crippen molar-refractivity contribution < 1.29 is 13.9 Å². The van der Waals surface area contributed by atoms with Gasteiger partial charge in [-0.05, 0) is 31.5 Å². The second-order valence-corrected chi connectivity index (χ2v) is 5.26. The Morgan fingerprint density at radius 2 is 2.00 bits per heavy atom. The summed E-state index contributed by atoms with van der Waals surface area (Å²) in [7, 11) is 3.20. The summed E-state index contributed by atoms with van der Waals surface area (Å²) < 4.78 is 20.3. The Morgan fingerprint density at radius 3 is 2.57 bits per heavy atom. The standard InChI is InChI=1S/C15H20FN5O2/c1-9(11-5-6-13(23-4)12(16)7-11)18-15(22)19-10(2)14-20-17-8-21(14)3/h5-10H,1-4H3,(H2,18,19,22). The summed E-state index contributed by atoms with van der Waals surface area (Å²) in [6, 6.07) is 3.55. The number of hydrogen-bond acceptors (Lipinski definition) is 4. The average molecular weight is 321 g/mol. The van der Waals surface area contributed by atoms with Gasteiger partial charge in [0.25, 0.3) is 0 Å². The molecule has 2 amide bonds. The maximum atomic E-state index is 13.7. The van der Waals surface area contributed by atoms with Crippen molar-refractivity contribution in [3.8, 4) is 5.75 Å². The van der Waals surface area contributed by atoms with Gasteiger partial charge in [-0.25, -0.2) is 9.18 Å². The number of nitrogens with zero attached hydrogens (tertiary/aromatic N) is 3. The summed E-state index contributed by atoms with van der Waals surface area (Å²) in [4.78, 5) is 12.1. The van der Waals surface area contributed by atoms with Crippen LogP contribution in [0.1, 0.15) is 37.3 Å². The van der Waals surface area contributed by atoms with Crippen molar-refractivity contribution in [3.63, 3.8) is 0 Å². The van der Waals surface area contributed by atoms with E-state index in [1.807, 2.05) is 0 Å². The van der Waals surface area contributed by atoms with E-state index in [1.165, 1.54) is 19.2 Å². The first kappa shape index (κ1) is 16.7. The molecule has 0 bridgehead atoms. The summed E-state index contributed by atoms with van der Waals surface area (Å²) in [5, 5.41) is 13.2. The van der Waals surface area contributed by atoms with Gasteiger partial charge in [0, 0.05) is 7.05 Å². The molecule has 0 radical (unpaired) electrons. The molecule has 1 aromatic carbocycles. The fraction of sp³-hybridized carbons (Fsp3) is 0.400. The number of methoxy groups -OCH3 is 1. The number of nitrogens with one attached hydrogen (secondary N) is 2. The molecule has 0 aliphatic rings. The van der Waals surface area contributed by atoms with Crippen molar-refractivity contribution in [2.24, 2.45) is 7.05 Å². The van der Waals surface area contributed by atoms with Gasteiger partial charge in [0.05, 0.1) is 19.2 Å². The first-order valence-corrected chi connectivity index (χ1v) is 7.16. The number of urea groups is 1. The third-order valence-corrected chi connectivity index (χ3v) is 3.50. The molecule has 2 aromatic rings. The first-order valence-electron chi connectivity index (χ1n) is 7.16. The van der Waals surface area contributed by atoms with Crippen molar-refractivity contribution in [3.05, 3.63) is 41.7 Å². The molecule has 1 heterocycles. The molecule has 2 atom stereocenters. The quantitative estimate of drug-likeness (QED) is 0.883. The molecule has 2 rings (SSSR count). The van der Waals surface area contributed by atoms with Crippen LogP contribution in [0.5, 0.6) is 5.75 Å². The Kier molecular flexibility index (Phi) is 5.15. The van der Waals surface area contributed by atoms with Crippen molar-refractivity contribution >= 4 is 6.03 Å². The maximum Gasteiger partial charge on any atom is 0.315 e. The maximum absolute atomic E-state index is 13.7. The normalized spacial score (nSPS) is 13.3. The van der Waals surface area contributed by atoms with Gasteiger partial charge in [-0.2, -0.15) is 0 Å². The predicted octanol–water partition coefficient (Wildman–Crippen LogP) is 2.08. The minimum atomic E-state index is -0.466. The van der Waals surface area contributed by atoms with E-state index in [-0.39, 0.29) is 23.9 Å². The smallest absolute Gasteiger partial charge is 0.315 e. The number of benzene rings is 1. The van der Waals surface area contributed by atoms with Gasteiger partial charge in [-0.15, -0.1) is 10.2 Å². The summed E-state index contributed by atoms with van der Waals surface area (Å²) in [5.74, 6) is 0.344. The van der Waals surface area contributed by atoms with Gasteiger partial charge in [-0.1, -0.05) is 6.07 Å². The lowest BCUT2D eigenvalue weighted by atomic mass is 10.1. The number of rotatable bonds is 5. The first-order chi connectivity index (χ1) is 10.9. The average Bonchev–Trinajstić information content (AvgIpc) is 2.93. The molecule has 0 aliphatic carbocycles. The van der Waals surface area contributed by atoms with Crippen LogP contribution < -0.4 is 15.4 Å². The third kappa shape index (κ3) is 3.97. The fourth-order valence-electron chi connectivity index (χ4n) is 2.22. The zero-order chi connectivity index (χ0) is 17.0. The Morgan fingerprint density at radius 1 is 1.30 bits per heavy atom. The molecule has 1 aromatic heterocycles. The van der Waals surface area contributed by atoms with Gasteiger partial charge < -0.3 is 19.9 Å². The summed E-state index contributed by atoms with van der Waals surface area (Å²) in [6.07, 6.45) is 1.56. The van der Waals surface area contributed by atoms with Crippen LogP contribution in [-0.4, -0.2) is 27.9 Å².